The van der Waals surface area contributed by atoms with Gasteiger partial charge in [0.1, 0.15) is 0 Å². The molecule has 0 fully saturated rings. The van der Waals surface area contributed by atoms with E-state index in [-0.39, 0.29) is 0 Å². The van der Waals surface area contributed by atoms with Crippen LogP contribution in [-0.4, -0.2) is 4.58 Å². The summed E-state index contributed by atoms with van der Waals surface area (Å²) in [4.78, 5) is 5.34. The highest BCUT2D eigenvalue weighted by Gasteiger charge is 2.19. The zero-order valence-electron chi connectivity index (χ0n) is 8.62. The summed E-state index contributed by atoms with van der Waals surface area (Å²) in [5, 5.41) is 0. The summed E-state index contributed by atoms with van der Waals surface area (Å²) < 4.78 is 1.35. The molecule has 0 aromatic rings. The van der Waals surface area contributed by atoms with Gasteiger partial charge in [0.05, 0.1) is 5.70 Å². The maximum Gasteiger partial charge on any atom is 0.152 e. The second-order valence-corrected chi connectivity index (χ2v) is 3.69. The lowest BCUT2D eigenvalue weighted by Gasteiger charge is -2.06. The highest BCUT2D eigenvalue weighted by molar-refractivity contribution is 7.77. The topological polar surface area (TPSA) is 24.5 Å². The van der Waals surface area contributed by atoms with Crippen LogP contribution in [0.5, 0.6) is 0 Å². The normalized spacial score (nSPS) is 16.7. The van der Waals surface area contributed by atoms with Crippen LogP contribution in [0.25, 0.3) is 0 Å². The Morgan fingerprint density at radius 3 is 3.00 bits per heavy atom. The molecular weight excluding hydrogens is 196 g/mol. The Bertz CT molecular complexity index is 228. The monoisotopic (exact) mass is 214 g/mol. The molecule has 0 saturated heterocycles. The van der Waals surface area contributed by atoms with E-state index in [0.29, 0.717) is 0 Å². The first kappa shape index (κ1) is 11.5. The van der Waals surface area contributed by atoms with Gasteiger partial charge in [-0.25, -0.2) is 0 Å². The first-order chi connectivity index (χ1) is 6.77. The summed E-state index contributed by atoms with van der Waals surface area (Å²) >= 11 is 4.07. The third kappa shape index (κ3) is 3.27. The molecule has 0 aliphatic carbocycles. The van der Waals surface area contributed by atoms with E-state index in [1.165, 1.54) is 23.8 Å². The average molecular weight is 214 g/mol. The van der Waals surface area contributed by atoms with Crippen molar-refractivity contribution in [3.8, 4) is 0 Å². The zero-order valence-corrected chi connectivity index (χ0v) is 9.52. The highest BCUT2D eigenvalue weighted by atomic mass is 32.1. The number of nitrogens with one attached hydrogen (secondary N) is 1. The molecule has 1 N–H and O–H groups in total. The quantitative estimate of drug-likeness (QED) is 0.404. The van der Waals surface area contributed by atoms with Crippen LogP contribution in [0.1, 0.15) is 39.0 Å². The summed E-state index contributed by atoms with van der Waals surface area (Å²) in [5.41, 5.74) is 4.19. The molecule has 1 aliphatic heterocycles. The van der Waals surface area contributed by atoms with Gasteiger partial charge in [-0.1, -0.05) is 25.8 Å². The van der Waals surface area contributed by atoms with Crippen LogP contribution >= 0.6 is 12.8 Å². The van der Waals surface area contributed by atoms with Crippen molar-refractivity contribution in [1.29, 1.82) is 0 Å². The lowest BCUT2D eigenvalue weighted by atomic mass is 10.1. The van der Waals surface area contributed by atoms with Crippen LogP contribution < -0.4 is 5.43 Å². The van der Waals surface area contributed by atoms with Gasteiger partial charge in [0, 0.05) is 11.0 Å². The van der Waals surface area contributed by atoms with E-state index in [0.717, 1.165) is 24.3 Å². The maximum atomic E-state index is 5.34. The molecule has 4 heteroatoms. The molecule has 0 radical (unpaired) electrons. The minimum Gasteiger partial charge on any atom is -0.378 e. The summed E-state index contributed by atoms with van der Waals surface area (Å²) in [6.45, 7) is 5.89. The van der Waals surface area contributed by atoms with E-state index < -0.39 is 0 Å². The SMILES string of the molecule is C=CCC1=C(CCCCC)NN(S)O1. The number of rotatable bonds is 6. The van der Waals surface area contributed by atoms with Crippen molar-refractivity contribution in [3.63, 3.8) is 0 Å². The Labute approximate surface area is 91.3 Å². The van der Waals surface area contributed by atoms with Crippen LogP contribution in [0.15, 0.2) is 24.1 Å². The minimum absolute atomic E-state index is 0.755. The average Bonchev–Trinajstić information content (AvgIpc) is 2.48. The van der Waals surface area contributed by atoms with E-state index >= 15 is 0 Å². The Kier molecular flexibility index (Phi) is 4.90. The van der Waals surface area contributed by atoms with Gasteiger partial charge in [0.25, 0.3) is 0 Å². The fourth-order valence-corrected chi connectivity index (χ4v) is 1.62. The summed E-state index contributed by atoms with van der Waals surface area (Å²) in [5.74, 6) is 0.936. The van der Waals surface area contributed by atoms with Gasteiger partial charge >= 0.3 is 0 Å². The predicted molar refractivity (Wildman–Crippen MR) is 61.0 cm³/mol. The molecule has 1 heterocycles. The van der Waals surface area contributed by atoms with Gasteiger partial charge in [-0.05, 0) is 25.7 Å². The van der Waals surface area contributed by atoms with Crippen LogP contribution in [0, 0.1) is 0 Å². The molecule has 0 bridgehead atoms. The van der Waals surface area contributed by atoms with Gasteiger partial charge in [0.2, 0.25) is 0 Å². The number of nitrogens with zero attached hydrogens (tertiary/aromatic N) is 1. The number of thiol groups is 1. The molecule has 3 nitrogen and oxygen atoms in total. The van der Waals surface area contributed by atoms with Crippen molar-refractivity contribution in [2.45, 2.75) is 39.0 Å². The standard InChI is InChI=1S/C10H18N2OS/c1-3-5-6-8-9-10(7-4-2)13-12(14)11-9/h4,11,14H,2-3,5-8H2,1H3. The van der Waals surface area contributed by atoms with Gasteiger partial charge in [-0.15, -0.1) is 6.58 Å². The van der Waals surface area contributed by atoms with Crippen molar-refractivity contribution in [2.24, 2.45) is 0 Å². The zero-order chi connectivity index (χ0) is 10.4. The van der Waals surface area contributed by atoms with E-state index in [1.807, 2.05) is 6.08 Å². The largest absolute Gasteiger partial charge is 0.378 e. The van der Waals surface area contributed by atoms with Crippen LogP contribution in [0.3, 0.4) is 0 Å². The first-order valence-electron chi connectivity index (χ1n) is 5.04. The second-order valence-electron chi connectivity index (χ2n) is 3.33. The number of allylic oxidation sites excluding steroid dienone is 2. The maximum absolute atomic E-state index is 5.34. The molecule has 14 heavy (non-hydrogen) atoms. The molecular formula is C10H18N2OS. The third-order valence-corrected chi connectivity index (χ3v) is 2.31. The van der Waals surface area contributed by atoms with Gasteiger partial charge < -0.3 is 4.84 Å². The van der Waals surface area contributed by atoms with Crippen LogP contribution in [0.2, 0.25) is 0 Å². The molecule has 0 spiro atoms. The molecule has 1 aliphatic rings. The molecule has 0 unspecified atom stereocenters. The van der Waals surface area contributed by atoms with E-state index in [1.54, 1.807) is 0 Å². The van der Waals surface area contributed by atoms with Gasteiger partial charge in [0.15, 0.2) is 5.76 Å². The van der Waals surface area contributed by atoms with E-state index in [2.05, 4.69) is 31.7 Å². The van der Waals surface area contributed by atoms with E-state index in [4.69, 9.17) is 4.84 Å². The molecule has 1 rings (SSSR count). The molecule has 0 saturated carbocycles. The number of hydrogen-bond donors (Lipinski definition) is 2. The fraction of sp³-hybridized carbons (Fsp3) is 0.600. The number of hydrazine groups is 1. The molecule has 0 aromatic heterocycles. The Balaban J connectivity index is 2.44. The minimum atomic E-state index is 0.755. The molecule has 0 amide bonds. The smallest absolute Gasteiger partial charge is 0.152 e. The molecule has 0 atom stereocenters. The summed E-state index contributed by atoms with van der Waals surface area (Å²) in [6.07, 6.45) is 7.28. The second kappa shape index (κ2) is 5.98. The molecule has 0 aromatic carbocycles. The Hall–Kier alpha value is -0.610. The first-order valence-corrected chi connectivity index (χ1v) is 5.44. The Morgan fingerprint density at radius 2 is 2.36 bits per heavy atom. The van der Waals surface area contributed by atoms with E-state index in [9.17, 15) is 0 Å². The predicted octanol–water partition coefficient (Wildman–Crippen LogP) is 2.95. The summed E-state index contributed by atoms with van der Waals surface area (Å²) in [7, 11) is 0. The van der Waals surface area contributed by atoms with Crippen molar-refractivity contribution in [1.82, 2.24) is 10.0 Å². The lowest BCUT2D eigenvalue weighted by Crippen LogP contribution is -2.20. The van der Waals surface area contributed by atoms with Crippen molar-refractivity contribution in [3.05, 3.63) is 24.1 Å². The van der Waals surface area contributed by atoms with Gasteiger partial charge in [-0.3, -0.25) is 5.43 Å². The number of hydrogen-bond acceptors (Lipinski definition) is 4. The van der Waals surface area contributed by atoms with Crippen molar-refractivity contribution in [2.75, 3.05) is 0 Å². The van der Waals surface area contributed by atoms with Crippen molar-refractivity contribution < 1.29 is 4.84 Å². The molecule has 80 valence electrons. The summed E-state index contributed by atoms with van der Waals surface area (Å²) in [6, 6.07) is 0. The van der Waals surface area contributed by atoms with Crippen LogP contribution in [-0.2, 0) is 4.84 Å². The lowest BCUT2D eigenvalue weighted by molar-refractivity contribution is -0.0260. The van der Waals surface area contributed by atoms with Crippen molar-refractivity contribution >= 4 is 12.8 Å². The highest BCUT2D eigenvalue weighted by Crippen LogP contribution is 2.23. The Morgan fingerprint density at radius 1 is 1.57 bits per heavy atom. The van der Waals surface area contributed by atoms with Gasteiger partial charge in [-0.2, -0.15) is 0 Å². The van der Waals surface area contributed by atoms with Crippen LogP contribution in [0.4, 0.5) is 0 Å². The third-order valence-electron chi connectivity index (χ3n) is 2.12. The fourth-order valence-electron chi connectivity index (χ4n) is 1.40. The number of unbranched alkanes of at least 4 members (excludes halogenated alkanes) is 2.